The van der Waals surface area contributed by atoms with E-state index in [1.165, 1.54) is 16.6 Å². The van der Waals surface area contributed by atoms with Gasteiger partial charge < -0.3 is 0 Å². The van der Waals surface area contributed by atoms with Crippen LogP contribution >= 0.6 is 0 Å². The SMILES string of the molecule is Oc1ccc([Se]c2ccccc2)cc1F. The predicted octanol–water partition coefficient (Wildman–Crippen LogP) is 1.19. The summed E-state index contributed by atoms with van der Waals surface area (Å²) in [7, 11) is 0. The maximum absolute atomic E-state index is 13.0. The zero-order valence-corrected chi connectivity index (χ0v) is 9.57. The second-order valence-corrected chi connectivity index (χ2v) is 5.43. The molecule has 15 heavy (non-hydrogen) atoms. The van der Waals surface area contributed by atoms with Crippen molar-refractivity contribution in [2.45, 2.75) is 0 Å². The van der Waals surface area contributed by atoms with Crippen molar-refractivity contribution in [1.82, 2.24) is 0 Å². The molecule has 0 spiro atoms. The molecule has 0 saturated heterocycles. The first-order valence-electron chi connectivity index (χ1n) is 4.47. The molecule has 0 fully saturated rings. The quantitative estimate of drug-likeness (QED) is 0.810. The first-order valence-corrected chi connectivity index (χ1v) is 6.18. The average molecular weight is 267 g/mol. The first kappa shape index (κ1) is 10.2. The molecule has 0 unspecified atom stereocenters. The summed E-state index contributed by atoms with van der Waals surface area (Å²) in [5, 5.41) is 9.04. The van der Waals surface area contributed by atoms with Gasteiger partial charge in [0, 0.05) is 0 Å². The first-order chi connectivity index (χ1) is 7.25. The van der Waals surface area contributed by atoms with Gasteiger partial charge in [0.2, 0.25) is 0 Å². The Morgan fingerprint density at radius 3 is 2.33 bits per heavy atom. The molecule has 0 saturated carbocycles. The van der Waals surface area contributed by atoms with Gasteiger partial charge >= 0.3 is 93.5 Å². The Kier molecular flexibility index (Phi) is 3.05. The van der Waals surface area contributed by atoms with Crippen molar-refractivity contribution in [3.05, 3.63) is 54.3 Å². The molecule has 1 N–H and O–H groups in total. The summed E-state index contributed by atoms with van der Waals surface area (Å²) in [4.78, 5) is 0. The Labute approximate surface area is 93.7 Å². The van der Waals surface area contributed by atoms with Gasteiger partial charge in [0.15, 0.2) is 0 Å². The van der Waals surface area contributed by atoms with Crippen molar-refractivity contribution in [2.75, 3.05) is 0 Å². The van der Waals surface area contributed by atoms with Crippen LogP contribution < -0.4 is 8.92 Å². The topological polar surface area (TPSA) is 20.2 Å². The van der Waals surface area contributed by atoms with Gasteiger partial charge in [-0.3, -0.25) is 0 Å². The molecule has 2 aromatic rings. The van der Waals surface area contributed by atoms with Crippen LogP contribution in [-0.4, -0.2) is 20.1 Å². The van der Waals surface area contributed by atoms with E-state index in [4.69, 9.17) is 5.11 Å². The second-order valence-electron chi connectivity index (χ2n) is 3.03. The molecule has 0 heterocycles. The van der Waals surface area contributed by atoms with Crippen LogP contribution in [0.4, 0.5) is 4.39 Å². The van der Waals surface area contributed by atoms with Gasteiger partial charge in [0.05, 0.1) is 0 Å². The number of hydrogen-bond acceptors (Lipinski definition) is 1. The molecule has 76 valence electrons. The van der Waals surface area contributed by atoms with Crippen LogP contribution in [0.5, 0.6) is 5.75 Å². The normalized spacial score (nSPS) is 10.2. The van der Waals surface area contributed by atoms with Gasteiger partial charge in [-0.15, -0.1) is 0 Å². The average Bonchev–Trinajstić information content (AvgIpc) is 2.25. The van der Waals surface area contributed by atoms with E-state index in [0.29, 0.717) is 0 Å². The zero-order chi connectivity index (χ0) is 10.7. The summed E-state index contributed by atoms with van der Waals surface area (Å²) < 4.78 is 15.2. The number of phenolic OH excluding ortho intramolecular Hbond substituents is 1. The summed E-state index contributed by atoms with van der Waals surface area (Å²) >= 11 is 0.0931. The van der Waals surface area contributed by atoms with Gasteiger partial charge in [-0.2, -0.15) is 0 Å². The molecule has 0 aliphatic heterocycles. The Morgan fingerprint density at radius 1 is 0.933 bits per heavy atom. The molecule has 1 nitrogen and oxygen atoms in total. The van der Waals surface area contributed by atoms with Crippen molar-refractivity contribution >= 4 is 23.9 Å². The van der Waals surface area contributed by atoms with Crippen molar-refractivity contribution in [3.63, 3.8) is 0 Å². The molecule has 2 aromatic carbocycles. The van der Waals surface area contributed by atoms with Gasteiger partial charge in [0.1, 0.15) is 0 Å². The summed E-state index contributed by atoms with van der Waals surface area (Å²) in [5.41, 5.74) is 0. The fourth-order valence-electron chi connectivity index (χ4n) is 1.18. The van der Waals surface area contributed by atoms with E-state index in [9.17, 15) is 4.39 Å². The van der Waals surface area contributed by atoms with Crippen molar-refractivity contribution in [1.29, 1.82) is 0 Å². The third kappa shape index (κ3) is 2.58. The maximum atomic E-state index is 13.0. The molecule has 3 heteroatoms. The van der Waals surface area contributed by atoms with Crippen LogP contribution in [0.25, 0.3) is 0 Å². The van der Waals surface area contributed by atoms with Crippen LogP contribution in [0.15, 0.2) is 48.5 Å². The Balaban J connectivity index is 2.22. The molecule has 0 aliphatic rings. The molecular formula is C12H9FOSe. The van der Waals surface area contributed by atoms with Crippen LogP contribution in [0, 0.1) is 5.82 Å². The van der Waals surface area contributed by atoms with E-state index < -0.39 is 5.82 Å². The van der Waals surface area contributed by atoms with E-state index in [0.717, 1.165) is 4.46 Å². The standard InChI is InChI=1S/C12H9FOSe/c13-11-8-10(6-7-12(11)14)15-9-4-2-1-3-5-9/h1-8,14H. The molecule has 0 amide bonds. The Hall–Kier alpha value is -1.31. The summed E-state index contributed by atoms with van der Waals surface area (Å²) in [6.07, 6.45) is 0. The summed E-state index contributed by atoms with van der Waals surface area (Å²) in [6, 6.07) is 14.5. The third-order valence-corrected chi connectivity index (χ3v) is 3.99. The zero-order valence-electron chi connectivity index (χ0n) is 7.85. The number of halogens is 1. The van der Waals surface area contributed by atoms with E-state index in [2.05, 4.69) is 0 Å². The van der Waals surface area contributed by atoms with E-state index in [1.54, 1.807) is 6.07 Å². The minimum atomic E-state index is -0.551. The van der Waals surface area contributed by atoms with E-state index >= 15 is 0 Å². The fraction of sp³-hybridized carbons (Fsp3) is 0. The van der Waals surface area contributed by atoms with E-state index in [-0.39, 0.29) is 20.7 Å². The Bertz CT molecular complexity index is 456. The van der Waals surface area contributed by atoms with Crippen LogP contribution in [0.2, 0.25) is 0 Å². The van der Waals surface area contributed by atoms with Gasteiger partial charge in [0.25, 0.3) is 0 Å². The Morgan fingerprint density at radius 2 is 1.67 bits per heavy atom. The summed E-state index contributed by atoms with van der Waals surface area (Å²) in [6.45, 7) is 0. The van der Waals surface area contributed by atoms with Crippen molar-refractivity contribution in [2.24, 2.45) is 0 Å². The number of rotatable bonds is 2. The van der Waals surface area contributed by atoms with Crippen LogP contribution in [0.1, 0.15) is 0 Å². The van der Waals surface area contributed by atoms with Crippen LogP contribution in [0.3, 0.4) is 0 Å². The molecule has 0 radical (unpaired) electrons. The summed E-state index contributed by atoms with van der Waals surface area (Å²) in [5.74, 6) is -0.840. The molecule has 0 atom stereocenters. The fourth-order valence-corrected chi connectivity index (χ4v) is 2.99. The van der Waals surface area contributed by atoms with Gasteiger partial charge in [-0.25, -0.2) is 0 Å². The van der Waals surface area contributed by atoms with Gasteiger partial charge in [-0.05, 0) is 0 Å². The van der Waals surface area contributed by atoms with Crippen LogP contribution in [-0.2, 0) is 0 Å². The number of aromatic hydroxyl groups is 1. The van der Waals surface area contributed by atoms with Crippen molar-refractivity contribution < 1.29 is 9.50 Å². The monoisotopic (exact) mass is 268 g/mol. The molecule has 0 aromatic heterocycles. The number of benzene rings is 2. The van der Waals surface area contributed by atoms with E-state index in [1.807, 2.05) is 30.3 Å². The van der Waals surface area contributed by atoms with Gasteiger partial charge in [-0.1, -0.05) is 0 Å². The molecular weight excluding hydrogens is 258 g/mol. The third-order valence-electron chi connectivity index (χ3n) is 1.90. The second kappa shape index (κ2) is 4.47. The minimum absolute atomic E-state index is 0.0931. The van der Waals surface area contributed by atoms with Crippen molar-refractivity contribution in [3.8, 4) is 5.75 Å². The number of phenols is 1. The predicted molar refractivity (Wildman–Crippen MR) is 59.5 cm³/mol. The molecule has 0 bridgehead atoms. The molecule has 2 rings (SSSR count). The number of hydrogen-bond donors (Lipinski definition) is 1. The molecule has 0 aliphatic carbocycles.